The van der Waals surface area contributed by atoms with Gasteiger partial charge in [-0.1, -0.05) is 32.0 Å². The molecule has 0 spiro atoms. The predicted molar refractivity (Wildman–Crippen MR) is 82.0 cm³/mol. The van der Waals surface area contributed by atoms with Crippen molar-refractivity contribution in [2.24, 2.45) is 0 Å². The lowest BCUT2D eigenvalue weighted by atomic mass is 10.2. The van der Waals surface area contributed by atoms with Crippen molar-refractivity contribution >= 4 is 26.8 Å². The SMILES string of the molecule is CC(C)NCCCCn1cc(Br)c2ccccc21. The van der Waals surface area contributed by atoms with Gasteiger partial charge in [0, 0.05) is 34.2 Å². The van der Waals surface area contributed by atoms with E-state index in [1.807, 2.05) is 0 Å². The molecule has 0 aliphatic rings. The Balaban J connectivity index is 1.92. The first-order chi connectivity index (χ1) is 8.68. The average Bonchev–Trinajstić information content (AvgIpc) is 2.66. The van der Waals surface area contributed by atoms with Crippen LogP contribution in [0.5, 0.6) is 0 Å². The van der Waals surface area contributed by atoms with Crippen LogP contribution in [-0.2, 0) is 6.54 Å². The molecule has 1 aromatic carbocycles. The second-order valence-electron chi connectivity index (χ2n) is 5.00. The number of para-hydroxylation sites is 1. The summed E-state index contributed by atoms with van der Waals surface area (Å²) in [6, 6.07) is 9.13. The Kier molecular flexibility index (Phi) is 4.84. The summed E-state index contributed by atoms with van der Waals surface area (Å²) in [6.07, 6.45) is 4.63. The van der Waals surface area contributed by atoms with E-state index < -0.39 is 0 Å². The molecule has 0 bridgehead atoms. The van der Waals surface area contributed by atoms with Crippen LogP contribution in [0.25, 0.3) is 10.9 Å². The van der Waals surface area contributed by atoms with Gasteiger partial charge in [-0.15, -0.1) is 0 Å². The second kappa shape index (κ2) is 6.39. The van der Waals surface area contributed by atoms with Crippen molar-refractivity contribution < 1.29 is 0 Å². The largest absolute Gasteiger partial charge is 0.346 e. The highest BCUT2D eigenvalue weighted by Crippen LogP contribution is 2.26. The Hall–Kier alpha value is -0.800. The number of benzene rings is 1. The van der Waals surface area contributed by atoms with E-state index in [0.29, 0.717) is 6.04 Å². The Morgan fingerprint density at radius 3 is 2.78 bits per heavy atom. The monoisotopic (exact) mass is 308 g/mol. The lowest BCUT2D eigenvalue weighted by Crippen LogP contribution is -2.23. The van der Waals surface area contributed by atoms with Gasteiger partial charge in [-0.2, -0.15) is 0 Å². The zero-order valence-electron chi connectivity index (χ0n) is 11.1. The molecule has 0 radical (unpaired) electrons. The van der Waals surface area contributed by atoms with E-state index in [1.165, 1.54) is 28.2 Å². The second-order valence-corrected chi connectivity index (χ2v) is 5.86. The van der Waals surface area contributed by atoms with Crippen molar-refractivity contribution in [2.45, 2.75) is 39.3 Å². The highest BCUT2D eigenvalue weighted by molar-refractivity contribution is 9.10. The first kappa shape index (κ1) is 13.6. The molecule has 98 valence electrons. The summed E-state index contributed by atoms with van der Waals surface area (Å²) in [4.78, 5) is 0. The van der Waals surface area contributed by atoms with Gasteiger partial charge in [-0.25, -0.2) is 0 Å². The summed E-state index contributed by atoms with van der Waals surface area (Å²) in [6.45, 7) is 6.58. The maximum atomic E-state index is 3.63. The van der Waals surface area contributed by atoms with Gasteiger partial charge in [0.1, 0.15) is 0 Å². The highest BCUT2D eigenvalue weighted by atomic mass is 79.9. The van der Waals surface area contributed by atoms with Gasteiger partial charge in [-0.05, 0) is 41.4 Å². The van der Waals surface area contributed by atoms with Gasteiger partial charge in [0.2, 0.25) is 0 Å². The lowest BCUT2D eigenvalue weighted by Gasteiger charge is -2.08. The summed E-state index contributed by atoms with van der Waals surface area (Å²) in [7, 11) is 0. The van der Waals surface area contributed by atoms with Crippen molar-refractivity contribution in [1.29, 1.82) is 0 Å². The molecule has 2 nitrogen and oxygen atoms in total. The number of fused-ring (bicyclic) bond motifs is 1. The van der Waals surface area contributed by atoms with E-state index in [-0.39, 0.29) is 0 Å². The van der Waals surface area contributed by atoms with Crippen molar-refractivity contribution in [3.8, 4) is 0 Å². The van der Waals surface area contributed by atoms with Crippen LogP contribution in [0, 0.1) is 0 Å². The van der Waals surface area contributed by atoms with Gasteiger partial charge in [-0.3, -0.25) is 0 Å². The third-order valence-corrected chi connectivity index (χ3v) is 3.75. The van der Waals surface area contributed by atoms with Gasteiger partial charge < -0.3 is 9.88 Å². The standard InChI is InChI=1S/C15H21BrN2/c1-12(2)17-9-5-6-10-18-11-14(16)13-7-3-4-8-15(13)18/h3-4,7-8,11-12,17H,5-6,9-10H2,1-2H3. The van der Waals surface area contributed by atoms with Crippen LogP contribution in [0.4, 0.5) is 0 Å². The molecule has 18 heavy (non-hydrogen) atoms. The quantitative estimate of drug-likeness (QED) is 0.792. The molecule has 1 aromatic heterocycles. The third-order valence-electron chi connectivity index (χ3n) is 3.12. The maximum absolute atomic E-state index is 3.63. The van der Waals surface area contributed by atoms with Crippen LogP contribution in [0.1, 0.15) is 26.7 Å². The zero-order valence-corrected chi connectivity index (χ0v) is 12.7. The molecule has 0 saturated heterocycles. The number of aryl methyl sites for hydroxylation is 1. The molecule has 0 saturated carbocycles. The van der Waals surface area contributed by atoms with E-state index in [2.05, 4.69) is 70.1 Å². The first-order valence-electron chi connectivity index (χ1n) is 6.65. The summed E-state index contributed by atoms with van der Waals surface area (Å²) in [5, 5.41) is 4.76. The molecule has 1 N–H and O–H groups in total. The highest BCUT2D eigenvalue weighted by Gasteiger charge is 2.04. The molecule has 3 heteroatoms. The minimum absolute atomic E-state index is 0.589. The fourth-order valence-electron chi connectivity index (χ4n) is 2.18. The van der Waals surface area contributed by atoms with Gasteiger partial charge in [0.15, 0.2) is 0 Å². The average molecular weight is 309 g/mol. The summed E-state index contributed by atoms with van der Waals surface area (Å²) in [5.74, 6) is 0. The molecule has 2 aromatic rings. The van der Waals surface area contributed by atoms with Crippen molar-refractivity contribution in [3.63, 3.8) is 0 Å². The number of halogens is 1. The van der Waals surface area contributed by atoms with E-state index in [0.717, 1.165) is 13.1 Å². The van der Waals surface area contributed by atoms with Crippen LogP contribution in [0.3, 0.4) is 0 Å². The van der Waals surface area contributed by atoms with Crippen molar-refractivity contribution in [2.75, 3.05) is 6.54 Å². The maximum Gasteiger partial charge on any atom is 0.0492 e. The normalized spacial score (nSPS) is 11.6. The number of aromatic nitrogens is 1. The van der Waals surface area contributed by atoms with E-state index in [4.69, 9.17) is 0 Å². The number of unbranched alkanes of at least 4 members (excludes halogenated alkanes) is 1. The molecule has 1 heterocycles. The van der Waals surface area contributed by atoms with Crippen LogP contribution in [-0.4, -0.2) is 17.2 Å². The summed E-state index contributed by atoms with van der Waals surface area (Å²) >= 11 is 3.63. The Morgan fingerprint density at radius 1 is 1.22 bits per heavy atom. The zero-order chi connectivity index (χ0) is 13.0. The third kappa shape index (κ3) is 3.36. The van der Waals surface area contributed by atoms with Crippen molar-refractivity contribution in [1.82, 2.24) is 9.88 Å². The smallest absolute Gasteiger partial charge is 0.0492 e. The summed E-state index contributed by atoms with van der Waals surface area (Å²) in [5.41, 5.74) is 1.32. The van der Waals surface area contributed by atoms with Gasteiger partial charge in [0.25, 0.3) is 0 Å². The molecule has 0 unspecified atom stereocenters. The first-order valence-corrected chi connectivity index (χ1v) is 7.44. The summed E-state index contributed by atoms with van der Waals surface area (Å²) < 4.78 is 3.54. The van der Waals surface area contributed by atoms with E-state index >= 15 is 0 Å². The molecule has 0 aliphatic heterocycles. The lowest BCUT2D eigenvalue weighted by molar-refractivity contribution is 0.535. The molecule has 2 rings (SSSR count). The molecule has 0 aliphatic carbocycles. The van der Waals surface area contributed by atoms with Gasteiger partial charge in [0.05, 0.1) is 0 Å². The molecule has 0 fully saturated rings. The molecule has 0 amide bonds. The number of rotatable bonds is 6. The van der Waals surface area contributed by atoms with Crippen LogP contribution >= 0.6 is 15.9 Å². The number of nitrogens with zero attached hydrogens (tertiary/aromatic N) is 1. The Labute approximate surface area is 118 Å². The van der Waals surface area contributed by atoms with E-state index in [9.17, 15) is 0 Å². The fourth-order valence-corrected chi connectivity index (χ4v) is 2.77. The van der Waals surface area contributed by atoms with Crippen molar-refractivity contribution in [3.05, 3.63) is 34.9 Å². The van der Waals surface area contributed by atoms with Gasteiger partial charge >= 0.3 is 0 Å². The number of hydrogen-bond donors (Lipinski definition) is 1. The molecule has 0 atom stereocenters. The minimum Gasteiger partial charge on any atom is -0.346 e. The number of hydrogen-bond acceptors (Lipinski definition) is 1. The Morgan fingerprint density at radius 2 is 2.00 bits per heavy atom. The predicted octanol–water partition coefficient (Wildman–Crippen LogP) is 4.18. The molecular formula is C15H21BrN2. The van der Waals surface area contributed by atoms with Crippen LogP contribution in [0.15, 0.2) is 34.9 Å². The van der Waals surface area contributed by atoms with Crippen LogP contribution < -0.4 is 5.32 Å². The fraction of sp³-hybridized carbons (Fsp3) is 0.467. The number of nitrogens with one attached hydrogen (secondary N) is 1. The Bertz CT molecular complexity index is 502. The minimum atomic E-state index is 0.589. The molecular weight excluding hydrogens is 288 g/mol. The topological polar surface area (TPSA) is 17.0 Å². The van der Waals surface area contributed by atoms with E-state index in [1.54, 1.807) is 0 Å². The van der Waals surface area contributed by atoms with Crippen LogP contribution in [0.2, 0.25) is 0 Å².